The van der Waals surface area contributed by atoms with Gasteiger partial charge in [0.25, 0.3) is 5.91 Å². The Morgan fingerprint density at radius 3 is 2.41 bits per heavy atom. The zero-order chi connectivity index (χ0) is 23.8. The van der Waals surface area contributed by atoms with E-state index in [9.17, 15) is 13.6 Å². The molecule has 5 rings (SSSR count). The van der Waals surface area contributed by atoms with Crippen molar-refractivity contribution in [2.45, 2.75) is 13.0 Å². The highest BCUT2D eigenvalue weighted by Gasteiger charge is 2.39. The normalized spacial score (nSPS) is 20.3. The Bertz CT molecular complexity index is 1160. The molecular weight excluding hydrogens is 464 g/mol. The van der Waals surface area contributed by atoms with E-state index in [1.165, 1.54) is 18.2 Å². The van der Waals surface area contributed by atoms with E-state index in [1.807, 2.05) is 0 Å². The number of ether oxygens (including phenoxy) is 3. The van der Waals surface area contributed by atoms with Crippen molar-refractivity contribution in [3.63, 3.8) is 0 Å². The molecule has 34 heavy (non-hydrogen) atoms. The van der Waals surface area contributed by atoms with Gasteiger partial charge in [-0.2, -0.15) is 0 Å². The number of morpholine rings is 1. The van der Waals surface area contributed by atoms with Crippen molar-refractivity contribution in [2.75, 3.05) is 44.4 Å². The van der Waals surface area contributed by atoms with E-state index in [0.29, 0.717) is 62.4 Å². The summed E-state index contributed by atoms with van der Waals surface area (Å²) < 4.78 is 46.4. The summed E-state index contributed by atoms with van der Waals surface area (Å²) >= 11 is 5.62. The van der Waals surface area contributed by atoms with Crippen LogP contribution >= 0.6 is 12.2 Å². The number of allylic oxidation sites excluding steroid dienone is 1. The summed E-state index contributed by atoms with van der Waals surface area (Å²) in [7, 11) is 0. The lowest BCUT2D eigenvalue weighted by Crippen LogP contribution is -2.51. The second-order valence-electron chi connectivity index (χ2n) is 8.08. The van der Waals surface area contributed by atoms with E-state index in [-0.39, 0.29) is 22.2 Å². The topological polar surface area (TPSA) is 63.3 Å². The number of hydrogen-bond acceptors (Lipinski definition) is 5. The van der Waals surface area contributed by atoms with E-state index < -0.39 is 17.7 Å². The first-order valence-electron chi connectivity index (χ1n) is 11.0. The highest BCUT2D eigenvalue weighted by molar-refractivity contribution is 7.80. The molecule has 0 unspecified atom stereocenters. The molecule has 2 aromatic carbocycles. The first-order valence-corrected chi connectivity index (χ1v) is 11.4. The maximum absolute atomic E-state index is 14.8. The van der Waals surface area contributed by atoms with E-state index in [1.54, 1.807) is 34.9 Å². The molecule has 1 N–H and O–H groups in total. The van der Waals surface area contributed by atoms with Gasteiger partial charge in [-0.1, -0.05) is 6.07 Å². The molecule has 1 atom stereocenters. The fraction of sp³-hybridized carbons (Fsp3) is 0.333. The van der Waals surface area contributed by atoms with Crippen molar-refractivity contribution in [2.24, 2.45) is 0 Å². The molecule has 0 spiro atoms. The van der Waals surface area contributed by atoms with Gasteiger partial charge in [0.2, 0.25) is 0 Å². The van der Waals surface area contributed by atoms with E-state index in [2.05, 4.69) is 5.32 Å². The van der Waals surface area contributed by atoms with Gasteiger partial charge in [0.15, 0.2) is 16.6 Å². The minimum absolute atomic E-state index is 0.209. The Balaban J connectivity index is 1.63. The Morgan fingerprint density at radius 1 is 1.03 bits per heavy atom. The number of rotatable bonds is 3. The molecule has 3 aliphatic rings. The summed E-state index contributed by atoms with van der Waals surface area (Å²) in [5.74, 6) is -0.668. The summed E-state index contributed by atoms with van der Waals surface area (Å²) in [6.45, 7) is 4.17. The molecule has 1 fully saturated rings. The molecule has 3 heterocycles. The first kappa shape index (κ1) is 22.5. The lowest BCUT2D eigenvalue weighted by atomic mass is 9.92. The molecule has 0 radical (unpaired) electrons. The summed E-state index contributed by atoms with van der Waals surface area (Å²) in [6, 6.07) is 7.88. The molecule has 3 aliphatic heterocycles. The maximum atomic E-state index is 14.8. The third-order valence-electron chi connectivity index (χ3n) is 6.09. The number of amides is 1. The van der Waals surface area contributed by atoms with Crippen molar-refractivity contribution in [3.05, 3.63) is 64.9 Å². The molecule has 0 aliphatic carbocycles. The van der Waals surface area contributed by atoms with Crippen LogP contribution in [0.2, 0.25) is 0 Å². The third kappa shape index (κ3) is 3.97. The summed E-state index contributed by atoms with van der Waals surface area (Å²) in [5.41, 5.74) is 1.08. The summed E-state index contributed by atoms with van der Waals surface area (Å²) in [6.07, 6.45) is 0. The maximum Gasteiger partial charge on any atom is 0.254 e. The average Bonchev–Trinajstić information content (AvgIpc) is 2.84. The minimum Gasteiger partial charge on any atom is -0.486 e. The predicted octanol–water partition coefficient (Wildman–Crippen LogP) is 3.30. The van der Waals surface area contributed by atoms with Crippen molar-refractivity contribution >= 4 is 28.9 Å². The largest absolute Gasteiger partial charge is 0.486 e. The van der Waals surface area contributed by atoms with Crippen LogP contribution < -0.4 is 19.7 Å². The number of anilines is 1. The van der Waals surface area contributed by atoms with E-state index >= 15 is 0 Å². The lowest BCUT2D eigenvalue weighted by Gasteiger charge is -2.40. The number of thiocarbonyl (C=S) groups is 1. The number of hydrogen-bond donors (Lipinski definition) is 1. The van der Waals surface area contributed by atoms with E-state index in [4.69, 9.17) is 26.4 Å². The molecule has 1 saturated heterocycles. The number of benzene rings is 2. The molecule has 178 valence electrons. The van der Waals surface area contributed by atoms with Crippen LogP contribution in [0.4, 0.5) is 14.5 Å². The van der Waals surface area contributed by atoms with Crippen LogP contribution in [0.1, 0.15) is 18.5 Å². The molecule has 10 heteroatoms. The third-order valence-corrected chi connectivity index (χ3v) is 6.39. The zero-order valence-corrected chi connectivity index (χ0v) is 19.3. The van der Waals surface area contributed by atoms with Gasteiger partial charge >= 0.3 is 0 Å². The standard InChI is InChI=1S/C24H23F2N3O4S/c1-14-20(23(30)28-7-9-31-10-8-28)22(21-16(25)3-2-4-17(21)26)27-24(34)29(14)15-5-6-18-19(13-15)33-12-11-32-18/h2-6,13,22H,7-12H2,1H3,(H,27,34)/t22-/m1/s1. The number of carbonyl (C=O) groups is 1. The number of carbonyl (C=O) groups excluding carboxylic acids is 1. The SMILES string of the molecule is CC1=C(C(=O)N2CCOCC2)[C@H](c2c(F)cccc2F)NC(=S)N1c1ccc2c(c1)OCCO2. The van der Waals surface area contributed by atoms with Gasteiger partial charge in [-0.05, 0) is 43.4 Å². The van der Waals surface area contributed by atoms with Crippen LogP contribution in [0.5, 0.6) is 11.5 Å². The zero-order valence-electron chi connectivity index (χ0n) is 18.5. The van der Waals surface area contributed by atoms with Crippen molar-refractivity contribution in [3.8, 4) is 11.5 Å². The Kier molecular flexibility index (Phi) is 6.09. The van der Waals surface area contributed by atoms with Gasteiger partial charge in [0, 0.05) is 24.9 Å². The van der Waals surface area contributed by atoms with Crippen molar-refractivity contribution < 1.29 is 27.8 Å². The summed E-state index contributed by atoms with van der Waals surface area (Å²) in [4.78, 5) is 17.0. The van der Waals surface area contributed by atoms with Crippen molar-refractivity contribution in [1.82, 2.24) is 10.2 Å². The Hall–Kier alpha value is -3.24. The Morgan fingerprint density at radius 2 is 1.71 bits per heavy atom. The number of nitrogens with one attached hydrogen (secondary N) is 1. The molecule has 1 amide bonds. The molecule has 0 saturated carbocycles. The van der Waals surface area contributed by atoms with Gasteiger partial charge in [0.05, 0.1) is 36.1 Å². The average molecular weight is 488 g/mol. The van der Waals surface area contributed by atoms with E-state index in [0.717, 1.165) is 0 Å². The molecule has 0 aromatic heterocycles. The van der Waals surface area contributed by atoms with Gasteiger partial charge in [-0.15, -0.1) is 0 Å². The monoisotopic (exact) mass is 487 g/mol. The number of halogens is 2. The van der Waals surface area contributed by atoms with Gasteiger partial charge in [0.1, 0.15) is 24.8 Å². The van der Waals surface area contributed by atoms with Crippen LogP contribution in [0.25, 0.3) is 0 Å². The second-order valence-corrected chi connectivity index (χ2v) is 8.47. The first-order chi connectivity index (χ1) is 16.5. The van der Waals surface area contributed by atoms with Crippen LogP contribution in [-0.4, -0.2) is 55.4 Å². The van der Waals surface area contributed by atoms with Gasteiger partial charge in [-0.25, -0.2) is 8.78 Å². The smallest absolute Gasteiger partial charge is 0.254 e. The Labute approximate surface area is 200 Å². The highest BCUT2D eigenvalue weighted by Crippen LogP contribution is 2.40. The molecule has 0 bridgehead atoms. The second kappa shape index (κ2) is 9.19. The fourth-order valence-corrected chi connectivity index (χ4v) is 4.80. The molecule has 7 nitrogen and oxygen atoms in total. The van der Waals surface area contributed by atoms with Crippen LogP contribution in [0.15, 0.2) is 47.7 Å². The molecular formula is C24H23F2N3O4S. The van der Waals surface area contributed by atoms with Crippen LogP contribution in [0.3, 0.4) is 0 Å². The predicted molar refractivity (Wildman–Crippen MR) is 125 cm³/mol. The minimum atomic E-state index is -1.09. The molecule has 2 aromatic rings. The van der Waals surface area contributed by atoms with Gasteiger partial charge in [-0.3, -0.25) is 9.69 Å². The summed E-state index contributed by atoms with van der Waals surface area (Å²) in [5, 5.41) is 3.22. The van der Waals surface area contributed by atoms with Crippen molar-refractivity contribution in [1.29, 1.82) is 0 Å². The number of fused-ring (bicyclic) bond motifs is 1. The van der Waals surface area contributed by atoms with Gasteiger partial charge < -0.3 is 24.4 Å². The fourth-order valence-electron chi connectivity index (χ4n) is 4.44. The van der Waals surface area contributed by atoms with Crippen LogP contribution in [-0.2, 0) is 9.53 Å². The number of nitrogens with zero attached hydrogens (tertiary/aromatic N) is 2. The highest BCUT2D eigenvalue weighted by atomic mass is 32.1. The quantitative estimate of drug-likeness (QED) is 0.667. The van der Waals surface area contributed by atoms with Crippen LogP contribution in [0, 0.1) is 11.6 Å². The lowest BCUT2D eigenvalue weighted by molar-refractivity contribution is -0.131.